The average molecular weight is 822 g/mol. The van der Waals surface area contributed by atoms with Crippen molar-refractivity contribution >= 4 is 13.8 Å². The fourth-order valence-electron chi connectivity index (χ4n) is 5.93. The lowest BCUT2D eigenvalue weighted by atomic mass is 10.1. The molecule has 0 N–H and O–H groups in total. The normalized spacial score (nSPS) is 14.3. The second kappa shape index (κ2) is 41.0. The summed E-state index contributed by atoms with van der Waals surface area (Å²) >= 11 is 0. The minimum Gasteiger partial charge on any atom is -0.756 e. The Labute approximate surface area is 351 Å². The topological polar surface area (TPSA) is 94.1 Å². The van der Waals surface area contributed by atoms with Gasteiger partial charge < -0.3 is 27.9 Å². The van der Waals surface area contributed by atoms with Gasteiger partial charge in [0.2, 0.25) is 0 Å². The second-order valence-corrected chi connectivity index (χ2v) is 17.8. The SMILES string of the molecule is CCCCC/C=C\C/C=C\C/C=C\CCCCCCCCCOCC(COP(=O)([O-])OCC[N+](C)(C)C)OC(=O)CCCCCCC/C=C\C/C=C\CCCCC. The largest absolute Gasteiger partial charge is 0.756 e. The van der Waals surface area contributed by atoms with E-state index in [4.69, 9.17) is 18.5 Å². The number of allylic oxidation sites excluding steroid dienone is 10. The summed E-state index contributed by atoms with van der Waals surface area (Å²) in [6, 6.07) is 0. The minimum atomic E-state index is -4.53. The molecule has 0 radical (unpaired) electrons. The number of ether oxygens (including phenoxy) is 2. The van der Waals surface area contributed by atoms with Crippen molar-refractivity contribution in [3.63, 3.8) is 0 Å². The van der Waals surface area contributed by atoms with Crippen LogP contribution in [0.25, 0.3) is 0 Å². The van der Waals surface area contributed by atoms with Gasteiger partial charge >= 0.3 is 5.97 Å². The molecule has 0 heterocycles. The number of rotatable bonds is 42. The van der Waals surface area contributed by atoms with E-state index in [-0.39, 0.29) is 25.8 Å². The van der Waals surface area contributed by atoms with Gasteiger partial charge in [0.15, 0.2) is 0 Å². The molecule has 8 nitrogen and oxygen atoms in total. The van der Waals surface area contributed by atoms with Gasteiger partial charge in [-0.2, -0.15) is 0 Å². The monoisotopic (exact) mass is 822 g/mol. The zero-order valence-corrected chi connectivity index (χ0v) is 38.4. The standard InChI is InChI=1S/C48H88NO7P/c1-6-8-10-12-14-16-18-20-22-23-24-25-26-28-30-32-34-36-38-40-43-53-45-47(46-55-57(51,52)54-44-42-49(3,4)5)56-48(50)41-39-37-35-33-31-29-27-21-19-17-15-13-11-9-7-2/h14-17,20-22,24-25,27,47H,6-13,18-19,23,26,28-46H2,1-5H3/b16-14-,17-15-,22-20-,25-24-,27-21-. The smallest absolute Gasteiger partial charge is 0.306 e. The summed E-state index contributed by atoms with van der Waals surface area (Å²) in [5.74, 6) is -0.353. The molecule has 0 aromatic heterocycles. The van der Waals surface area contributed by atoms with Crippen LogP contribution in [-0.2, 0) is 27.9 Å². The number of quaternary nitrogens is 1. The third-order valence-electron chi connectivity index (χ3n) is 9.54. The van der Waals surface area contributed by atoms with Gasteiger partial charge in [-0.05, 0) is 83.5 Å². The Hall–Kier alpha value is -1.80. The first-order valence-electron chi connectivity index (χ1n) is 23.0. The summed E-state index contributed by atoms with van der Waals surface area (Å²) < 4.78 is 34.6. The number of phosphoric ester groups is 1. The Balaban J connectivity index is 4.25. The molecule has 9 heteroatoms. The summed E-state index contributed by atoms with van der Waals surface area (Å²) in [5, 5.41) is 0. The zero-order valence-electron chi connectivity index (χ0n) is 37.5. The van der Waals surface area contributed by atoms with E-state index in [2.05, 4.69) is 74.6 Å². The predicted molar refractivity (Wildman–Crippen MR) is 240 cm³/mol. The summed E-state index contributed by atoms with van der Waals surface area (Å²) in [6.45, 7) is 5.31. The van der Waals surface area contributed by atoms with E-state index in [9.17, 15) is 14.3 Å². The highest BCUT2D eigenvalue weighted by Gasteiger charge is 2.20. The molecule has 0 bridgehead atoms. The van der Waals surface area contributed by atoms with E-state index >= 15 is 0 Å². The lowest BCUT2D eigenvalue weighted by molar-refractivity contribution is -0.870. The summed E-state index contributed by atoms with van der Waals surface area (Å²) in [6.07, 6.45) is 50.8. The molecule has 57 heavy (non-hydrogen) atoms. The number of hydrogen-bond donors (Lipinski definition) is 0. The van der Waals surface area contributed by atoms with Gasteiger partial charge in [0.25, 0.3) is 7.82 Å². The molecule has 0 aromatic rings. The van der Waals surface area contributed by atoms with Crippen molar-refractivity contribution in [1.29, 1.82) is 0 Å². The Morgan fingerprint density at radius 1 is 0.544 bits per heavy atom. The van der Waals surface area contributed by atoms with Gasteiger partial charge in [-0.25, -0.2) is 0 Å². The Bertz CT molecular complexity index is 1090. The van der Waals surface area contributed by atoms with Gasteiger partial charge in [0.1, 0.15) is 19.3 Å². The van der Waals surface area contributed by atoms with Crippen LogP contribution in [0, 0.1) is 0 Å². The molecule has 2 unspecified atom stereocenters. The van der Waals surface area contributed by atoms with Gasteiger partial charge in [-0.3, -0.25) is 9.36 Å². The van der Waals surface area contributed by atoms with E-state index in [0.29, 0.717) is 24.1 Å². The zero-order chi connectivity index (χ0) is 42.0. The fourth-order valence-corrected chi connectivity index (χ4v) is 6.66. The Morgan fingerprint density at radius 3 is 1.44 bits per heavy atom. The fraction of sp³-hybridized carbons (Fsp3) is 0.771. The number of carbonyl (C=O) groups is 1. The maximum absolute atomic E-state index is 12.7. The van der Waals surface area contributed by atoms with Crippen molar-refractivity contribution in [3.8, 4) is 0 Å². The Morgan fingerprint density at radius 2 is 0.965 bits per heavy atom. The van der Waals surface area contributed by atoms with Crippen molar-refractivity contribution < 1.29 is 37.3 Å². The van der Waals surface area contributed by atoms with Crippen LogP contribution in [0.2, 0.25) is 0 Å². The van der Waals surface area contributed by atoms with E-state index < -0.39 is 13.9 Å². The lowest BCUT2D eigenvalue weighted by Crippen LogP contribution is -2.37. The van der Waals surface area contributed by atoms with Crippen LogP contribution in [0.4, 0.5) is 0 Å². The number of phosphoric acid groups is 1. The molecular formula is C48H88NO7P. The van der Waals surface area contributed by atoms with Crippen LogP contribution in [0.1, 0.15) is 181 Å². The number of hydrogen-bond acceptors (Lipinski definition) is 7. The molecule has 0 aliphatic carbocycles. The lowest BCUT2D eigenvalue weighted by Gasteiger charge is -2.28. The predicted octanol–water partition coefficient (Wildman–Crippen LogP) is 13.1. The van der Waals surface area contributed by atoms with Crippen LogP contribution >= 0.6 is 7.82 Å². The molecule has 2 atom stereocenters. The first-order chi connectivity index (χ1) is 27.6. The van der Waals surface area contributed by atoms with Gasteiger partial charge in [-0.1, -0.05) is 152 Å². The maximum atomic E-state index is 12.7. The first-order valence-corrected chi connectivity index (χ1v) is 24.5. The van der Waals surface area contributed by atoms with E-state index in [0.717, 1.165) is 83.5 Å². The summed E-state index contributed by atoms with van der Waals surface area (Å²) in [4.78, 5) is 25.1. The van der Waals surface area contributed by atoms with E-state index in [1.165, 1.54) is 77.0 Å². The van der Waals surface area contributed by atoms with Crippen LogP contribution in [0.15, 0.2) is 60.8 Å². The third kappa shape index (κ3) is 45.1. The van der Waals surface area contributed by atoms with Crippen molar-refractivity contribution in [2.45, 2.75) is 187 Å². The van der Waals surface area contributed by atoms with Gasteiger partial charge in [0, 0.05) is 13.0 Å². The highest BCUT2D eigenvalue weighted by molar-refractivity contribution is 7.45. The van der Waals surface area contributed by atoms with Gasteiger partial charge in [-0.15, -0.1) is 0 Å². The van der Waals surface area contributed by atoms with Crippen LogP contribution in [0.5, 0.6) is 0 Å². The first kappa shape index (κ1) is 55.2. The highest BCUT2D eigenvalue weighted by Crippen LogP contribution is 2.38. The van der Waals surface area contributed by atoms with Gasteiger partial charge in [0.05, 0.1) is 34.4 Å². The molecule has 332 valence electrons. The number of nitrogens with zero attached hydrogens (tertiary/aromatic N) is 1. The van der Waals surface area contributed by atoms with Crippen molar-refractivity contribution in [2.75, 3.05) is 54.1 Å². The van der Waals surface area contributed by atoms with Crippen LogP contribution < -0.4 is 4.89 Å². The molecule has 0 saturated carbocycles. The summed E-state index contributed by atoms with van der Waals surface area (Å²) in [7, 11) is 1.33. The number of likely N-dealkylation sites (N-methyl/N-ethyl adjacent to an activating group) is 1. The molecule has 0 aliphatic rings. The molecule has 0 fully saturated rings. The molecule has 0 saturated heterocycles. The summed E-state index contributed by atoms with van der Waals surface area (Å²) in [5.41, 5.74) is 0. The van der Waals surface area contributed by atoms with Crippen LogP contribution in [0.3, 0.4) is 0 Å². The van der Waals surface area contributed by atoms with Crippen molar-refractivity contribution in [2.24, 2.45) is 0 Å². The molecule has 0 amide bonds. The molecule has 0 spiro atoms. The molecule has 0 aliphatic heterocycles. The maximum Gasteiger partial charge on any atom is 0.306 e. The van der Waals surface area contributed by atoms with Crippen molar-refractivity contribution in [3.05, 3.63) is 60.8 Å². The van der Waals surface area contributed by atoms with Crippen LogP contribution in [-0.4, -0.2) is 70.7 Å². The quantitative estimate of drug-likeness (QED) is 0.0199. The third-order valence-corrected chi connectivity index (χ3v) is 10.5. The number of carbonyl (C=O) groups excluding carboxylic acids is 1. The Kier molecular flexibility index (Phi) is 39.7. The number of esters is 1. The van der Waals surface area contributed by atoms with E-state index in [1.54, 1.807) is 0 Å². The van der Waals surface area contributed by atoms with E-state index in [1.807, 2.05) is 21.1 Å². The molecule has 0 aromatic carbocycles. The van der Waals surface area contributed by atoms with Crippen molar-refractivity contribution in [1.82, 2.24) is 0 Å². The molecular weight excluding hydrogens is 734 g/mol. The average Bonchev–Trinajstić information content (AvgIpc) is 3.16. The second-order valence-electron chi connectivity index (χ2n) is 16.4. The molecule has 0 rings (SSSR count). The highest BCUT2D eigenvalue weighted by atomic mass is 31.2. The minimum absolute atomic E-state index is 0.0185. The number of unbranched alkanes of at least 4 members (excludes halogenated alkanes) is 18.